The van der Waals surface area contributed by atoms with E-state index in [0.29, 0.717) is 17.2 Å². The number of benzene rings is 1. The Morgan fingerprint density at radius 3 is 2.50 bits per heavy atom. The Kier molecular flexibility index (Phi) is 4.17. The summed E-state index contributed by atoms with van der Waals surface area (Å²) in [6.07, 6.45) is 2.52. The highest BCUT2D eigenvalue weighted by Crippen LogP contribution is 2.40. The van der Waals surface area contributed by atoms with Crippen LogP contribution in [0.4, 0.5) is 5.69 Å². The van der Waals surface area contributed by atoms with Gasteiger partial charge < -0.3 is 9.80 Å². The van der Waals surface area contributed by atoms with Crippen LogP contribution in [0.1, 0.15) is 38.7 Å². The Morgan fingerprint density at radius 2 is 1.88 bits per heavy atom. The number of fused-ring (bicyclic) bond motifs is 4. The van der Waals surface area contributed by atoms with E-state index in [1.807, 2.05) is 13.8 Å². The lowest BCUT2D eigenvalue weighted by Gasteiger charge is -2.44. The van der Waals surface area contributed by atoms with Gasteiger partial charge in [0.25, 0.3) is 0 Å². The molecule has 142 valence electrons. The second-order valence-electron chi connectivity index (χ2n) is 8.56. The molecule has 4 aliphatic heterocycles. The summed E-state index contributed by atoms with van der Waals surface area (Å²) < 4.78 is 29.0. The molecule has 0 aliphatic carbocycles. The number of rotatable bonds is 3. The molecule has 0 radical (unpaired) electrons. The molecule has 6 nitrogen and oxygen atoms in total. The maximum atomic E-state index is 13.0. The zero-order valence-corrected chi connectivity index (χ0v) is 16.5. The number of anilines is 1. The molecule has 1 unspecified atom stereocenters. The van der Waals surface area contributed by atoms with Crippen molar-refractivity contribution < 1.29 is 13.2 Å². The average Bonchev–Trinajstić information content (AvgIpc) is 2.60. The molecule has 1 N–H and O–H groups in total. The van der Waals surface area contributed by atoms with E-state index < -0.39 is 10.0 Å². The predicted molar refractivity (Wildman–Crippen MR) is 101 cm³/mol. The van der Waals surface area contributed by atoms with Crippen molar-refractivity contribution in [3.63, 3.8) is 0 Å². The van der Waals surface area contributed by atoms with Gasteiger partial charge in [-0.3, -0.25) is 4.79 Å². The zero-order chi connectivity index (χ0) is 18.7. The number of carbonyl (C=O) groups is 1. The van der Waals surface area contributed by atoms with Crippen molar-refractivity contribution in [2.24, 2.45) is 5.92 Å². The monoisotopic (exact) mass is 377 g/mol. The first-order valence-electron chi connectivity index (χ1n) is 9.33. The number of sulfonamides is 1. The fourth-order valence-corrected chi connectivity index (χ4v) is 5.93. The van der Waals surface area contributed by atoms with Crippen molar-refractivity contribution in [3.8, 4) is 0 Å². The molecule has 3 fully saturated rings. The third kappa shape index (κ3) is 2.96. The number of nitrogens with zero attached hydrogens (tertiary/aromatic N) is 2. The van der Waals surface area contributed by atoms with E-state index in [-0.39, 0.29) is 17.4 Å². The minimum Gasteiger partial charge on any atom is -0.315 e. The zero-order valence-electron chi connectivity index (χ0n) is 15.7. The van der Waals surface area contributed by atoms with Gasteiger partial charge in [0.15, 0.2) is 0 Å². The summed E-state index contributed by atoms with van der Waals surface area (Å²) >= 11 is 0. The number of carbonyl (C=O) groups excluding carboxylic acids is 1. The van der Waals surface area contributed by atoms with Crippen LogP contribution in [0, 0.1) is 5.92 Å². The second-order valence-corrected chi connectivity index (χ2v) is 10.3. The molecule has 1 aromatic rings. The summed E-state index contributed by atoms with van der Waals surface area (Å²) in [5.74, 6) is 0.496. The van der Waals surface area contributed by atoms with Gasteiger partial charge in [-0.1, -0.05) is 13.8 Å². The van der Waals surface area contributed by atoms with E-state index in [2.05, 4.69) is 9.62 Å². The average molecular weight is 378 g/mol. The third-order valence-corrected chi connectivity index (χ3v) is 7.79. The second kappa shape index (κ2) is 6.04. The number of hydrogen-bond acceptors (Lipinski definition) is 4. The Bertz CT molecular complexity index is 842. The number of nitrogens with one attached hydrogen (secondary N) is 1. The van der Waals surface area contributed by atoms with E-state index >= 15 is 0 Å². The van der Waals surface area contributed by atoms with Crippen LogP contribution in [0.5, 0.6) is 0 Å². The fraction of sp³-hybridized carbons (Fsp3) is 0.632. The van der Waals surface area contributed by atoms with Crippen molar-refractivity contribution in [2.75, 3.05) is 31.6 Å². The highest BCUT2D eigenvalue weighted by atomic mass is 32.2. The van der Waals surface area contributed by atoms with Crippen molar-refractivity contribution in [1.29, 1.82) is 0 Å². The maximum Gasteiger partial charge on any atom is 0.240 e. The normalized spacial score (nSPS) is 30.3. The van der Waals surface area contributed by atoms with Crippen molar-refractivity contribution in [1.82, 2.24) is 9.62 Å². The molecule has 1 aromatic carbocycles. The summed E-state index contributed by atoms with van der Waals surface area (Å²) in [6, 6.07) is 5.13. The molecule has 1 atom stereocenters. The van der Waals surface area contributed by atoms with Crippen LogP contribution in [-0.4, -0.2) is 51.9 Å². The molecule has 0 aromatic heterocycles. The first-order valence-corrected chi connectivity index (χ1v) is 10.8. The van der Waals surface area contributed by atoms with Gasteiger partial charge >= 0.3 is 0 Å². The van der Waals surface area contributed by atoms with E-state index in [1.54, 1.807) is 30.1 Å². The molecule has 5 rings (SSSR count). The van der Waals surface area contributed by atoms with Gasteiger partial charge in [0, 0.05) is 37.2 Å². The van der Waals surface area contributed by atoms with Gasteiger partial charge in [0.2, 0.25) is 15.9 Å². The minimum atomic E-state index is -3.58. The van der Waals surface area contributed by atoms with Crippen molar-refractivity contribution in [2.45, 2.75) is 49.5 Å². The molecular formula is C19H27N3O3S. The summed E-state index contributed by atoms with van der Waals surface area (Å²) in [5.41, 5.74) is 1.34. The molecular weight excluding hydrogens is 350 g/mol. The highest BCUT2D eigenvalue weighted by Gasteiger charge is 2.38. The van der Waals surface area contributed by atoms with Gasteiger partial charge in [-0.25, -0.2) is 13.1 Å². The number of hydrogen-bond donors (Lipinski definition) is 1. The Hall–Kier alpha value is -1.44. The van der Waals surface area contributed by atoms with E-state index in [9.17, 15) is 13.2 Å². The van der Waals surface area contributed by atoms with Crippen molar-refractivity contribution in [3.05, 3.63) is 23.8 Å². The van der Waals surface area contributed by atoms with Crippen LogP contribution in [-0.2, 0) is 20.2 Å². The van der Waals surface area contributed by atoms with Crippen molar-refractivity contribution >= 4 is 21.6 Å². The van der Waals surface area contributed by atoms with Gasteiger partial charge in [0.1, 0.15) is 0 Å². The summed E-state index contributed by atoms with van der Waals surface area (Å²) in [4.78, 5) is 16.4. The smallest absolute Gasteiger partial charge is 0.240 e. The Morgan fingerprint density at radius 1 is 1.19 bits per heavy atom. The third-order valence-electron chi connectivity index (χ3n) is 6.30. The molecule has 4 heterocycles. The molecule has 26 heavy (non-hydrogen) atoms. The molecule has 7 heteroatoms. The topological polar surface area (TPSA) is 69.7 Å². The molecule has 4 aliphatic rings. The van der Waals surface area contributed by atoms with E-state index in [1.165, 1.54) is 0 Å². The van der Waals surface area contributed by atoms with Crippen LogP contribution in [0.2, 0.25) is 0 Å². The maximum absolute atomic E-state index is 13.0. The fourth-order valence-electron chi connectivity index (χ4n) is 4.61. The molecule has 0 spiro atoms. The number of piperidine rings is 3. The summed E-state index contributed by atoms with van der Waals surface area (Å²) in [5, 5.41) is 0. The quantitative estimate of drug-likeness (QED) is 0.871. The van der Waals surface area contributed by atoms with E-state index in [4.69, 9.17) is 0 Å². The van der Waals surface area contributed by atoms with Gasteiger partial charge in [-0.05, 0) is 55.6 Å². The minimum absolute atomic E-state index is 0.00389. The molecule has 1 amide bonds. The first-order chi connectivity index (χ1) is 12.2. The first kappa shape index (κ1) is 17.9. The van der Waals surface area contributed by atoms with Crippen LogP contribution in [0.15, 0.2) is 23.1 Å². The predicted octanol–water partition coefficient (Wildman–Crippen LogP) is 1.70. The van der Waals surface area contributed by atoms with Crippen LogP contribution in [0.25, 0.3) is 0 Å². The van der Waals surface area contributed by atoms with Gasteiger partial charge in [0.05, 0.1) is 4.90 Å². The van der Waals surface area contributed by atoms with E-state index in [0.717, 1.165) is 43.7 Å². The Balaban J connectivity index is 1.64. The van der Waals surface area contributed by atoms with Crippen LogP contribution < -0.4 is 9.62 Å². The summed E-state index contributed by atoms with van der Waals surface area (Å²) in [7, 11) is -1.83. The lowest BCUT2D eigenvalue weighted by atomic mass is 9.77. The molecule has 3 saturated heterocycles. The number of amides is 1. The molecule has 2 bridgehead atoms. The Labute approximate surface area is 155 Å². The lowest BCUT2D eigenvalue weighted by molar-refractivity contribution is -0.119. The van der Waals surface area contributed by atoms with Gasteiger partial charge in [-0.2, -0.15) is 0 Å². The summed E-state index contributed by atoms with van der Waals surface area (Å²) in [6.45, 7) is 6.95. The van der Waals surface area contributed by atoms with Crippen LogP contribution >= 0.6 is 0 Å². The SMILES string of the molecule is CN1C(=O)CC(C)(C)c2cc(S(=O)(=O)NC3CN4CCC3CC4)ccc21. The standard InChI is InChI=1S/C19H27N3O3S/c1-19(2)11-18(23)21(3)17-5-4-14(10-15(17)19)26(24,25)20-16-12-22-8-6-13(16)7-9-22/h4-5,10,13,16,20H,6-9,11-12H2,1-3H3. The molecule has 0 saturated carbocycles. The van der Waals surface area contributed by atoms with Crippen LogP contribution in [0.3, 0.4) is 0 Å². The van der Waals surface area contributed by atoms with Gasteiger partial charge in [-0.15, -0.1) is 0 Å². The lowest BCUT2D eigenvalue weighted by Crippen LogP contribution is -2.57. The largest absolute Gasteiger partial charge is 0.315 e. The highest BCUT2D eigenvalue weighted by molar-refractivity contribution is 7.89.